The highest BCUT2D eigenvalue weighted by Crippen LogP contribution is 2.42. The van der Waals surface area contributed by atoms with Crippen molar-refractivity contribution >= 4 is 38.4 Å². The van der Waals surface area contributed by atoms with Gasteiger partial charge in [-0.2, -0.15) is 0 Å². The van der Waals surface area contributed by atoms with E-state index >= 15 is 0 Å². The van der Waals surface area contributed by atoms with Crippen LogP contribution in [-0.4, -0.2) is 58.0 Å². The van der Waals surface area contributed by atoms with Gasteiger partial charge in [-0.05, 0) is 50.0 Å². The first kappa shape index (κ1) is 25.9. The molecule has 0 rings (SSSR count). The molecule has 0 aliphatic heterocycles. The zero-order valence-corrected chi connectivity index (χ0v) is 18.3. The zero-order chi connectivity index (χ0) is 19.9. The van der Waals surface area contributed by atoms with Crippen molar-refractivity contribution in [3.8, 4) is 0 Å². The third-order valence-corrected chi connectivity index (χ3v) is 7.49. The van der Waals surface area contributed by atoms with E-state index in [1.54, 1.807) is 13.8 Å². The molecule has 0 radical (unpaired) electrons. The van der Waals surface area contributed by atoms with Gasteiger partial charge in [-0.1, -0.05) is 0 Å². The van der Waals surface area contributed by atoms with Gasteiger partial charge in [0.15, 0.2) is 0 Å². The minimum Gasteiger partial charge on any atom is -0.616 e. The summed E-state index contributed by atoms with van der Waals surface area (Å²) in [6, 6.07) is 0. The fraction of sp³-hybridized carbons (Fsp3) is 1.00. The normalized spacial score (nSPS) is 17.3. The van der Waals surface area contributed by atoms with Crippen molar-refractivity contribution in [3.05, 3.63) is 0 Å². The number of phosphoric acid groups is 1. The van der Waals surface area contributed by atoms with Gasteiger partial charge in [0.1, 0.15) is 23.0 Å². The lowest BCUT2D eigenvalue weighted by Crippen LogP contribution is -2.30. The Bertz CT molecular complexity index is 470. The van der Waals surface area contributed by atoms with Crippen LogP contribution in [0.5, 0.6) is 0 Å². The maximum Gasteiger partial charge on any atom is 0.470 e. The van der Waals surface area contributed by atoms with Gasteiger partial charge in [-0.3, -0.25) is 9.09 Å². The van der Waals surface area contributed by atoms with Gasteiger partial charge < -0.3 is 28.3 Å². The van der Waals surface area contributed by atoms with Gasteiger partial charge in [-0.15, -0.1) is 0 Å². The molecule has 3 atom stereocenters. The minimum atomic E-state index is -4.61. The van der Waals surface area contributed by atoms with Gasteiger partial charge in [0.25, 0.3) is 0 Å². The molecule has 0 aromatic carbocycles. The Balaban J connectivity index is 4.11. The molecule has 152 valence electrons. The van der Waals surface area contributed by atoms with Crippen LogP contribution in [0.25, 0.3) is 0 Å². The Labute approximate surface area is 155 Å². The summed E-state index contributed by atoms with van der Waals surface area (Å²) >= 11 is -2.54. The van der Waals surface area contributed by atoms with E-state index in [9.17, 15) is 18.2 Å². The second kappa shape index (κ2) is 11.0. The molecular weight excluding hydrogens is 414 g/mol. The first-order chi connectivity index (χ1) is 11.1. The Hall–Kier alpha value is 0.880. The topological polar surface area (TPSA) is 159 Å². The van der Waals surface area contributed by atoms with Crippen LogP contribution < -0.4 is 0 Å². The van der Waals surface area contributed by atoms with E-state index in [0.717, 1.165) is 0 Å². The standard InChI is InChI=1S/C12H28O9P2S2/c1-11(2,20-22(13)14)5-7-24(18)9-10-25(19)8-6-12(3,4)21-23(15,16)17/h22H,5-10H2,1-4H3,(H,13,14)(H2,15,16,17). The molecule has 0 heterocycles. The summed E-state index contributed by atoms with van der Waals surface area (Å²) in [7, 11) is -7.67. The molecule has 3 unspecified atom stereocenters. The summed E-state index contributed by atoms with van der Waals surface area (Å²) < 4.78 is 54.9. The van der Waals surface area contributed by atoms with Crippen molar-refractivity contribution in [2.75, 3.05) is 23.0 Å². The lowest BCUT2D eigenvalue weighted by atomic mass is 10.1. The van der Waals surface area contributed by atoms with Crippen molar-refractivity contribution in [1.29, 1.82) is 0 Å². The first-order valence-electron chi connectivity index (χ1n) is 7.50. The molecule has 3 N–H and O–H groups in total. The molecule has 0 aliphatic carbocycles. The number of hydrogen-bond donors (Lipinski definition) is 3. The fourth-order valence-corrected chi connectivity index (χ4v) is 6.41. The van der Waals surface area contributed by atoms with Gasteiger partial charge in [-0.25, -0.2) is 4.57 Å². The van der Waals surface area contributed by atoms with Gasteiger partial charge >= 0.3 is 16.1 Å². The zero-order valence-electron chi connectivity index (χ0n) is 14.8. The molecule has 0 aromatic heterocycles. The smallest absolute Gasteiger partial charge is 0.470 e. The largest absolute Gasteiger partial charge is 0.616 e. The molecule has 0 saturated carbocycles. The van der Waals surface area contributed by atoms with E-state index in [1.165, 1.54) is 13.8 Å². The predicted molar refractivity (Wildman–Crippen MR) is 98.6 cm³/mol. The number of phosphoric ester groups is 1. The number of rotatable bonds is 13. The van der Waals surface area contributed by atoms with Gasteiger partial charge in [0.2, 0.25) is 0 Å². The van der Waals surface area contributed by atoms with Crippen molar-refractivity contribution in [1.82, 2.24) is 0 Å². The summed E-state index contributed by atoms with van der Waals surface area (Å²) in [6.07, 6.45) is 0.509. The highest BCUT2D eigenvalue weighted by molar-refractivity contribution is 7.95. The van der Waals surface area contributed by atoms with E-state index in [1.807, 2.05) is 0 Å². The molecular formula is C12H28O9P2S2. The summed E-state index contributed by atoms with van der Waals surface area (Å²) in [5.41, 5.74) is -1.97. The molecule has 0 spiro atoms. The molecule has 0 amide bonds. The number of hydrogen-bond acceptors (Lipinski definition) is 6. The predicted octanol–water partition coefficient (Wildman–Crippen LogP) is 1.33. The van der Waals surface area contributed by atoms with E-state index in [4.69, 9.17) is 19.2 Å². The summed E-state index contributed by atoms with van der Waals surface area (Å²) in [5.74, 6) is 0.824. The molecule has 0 aliphatic rings. The Morgan fingerprint density at radius 2 is 1.36 bits per heavy atom. The highest BCUT2D eigenvalue weighted by Gasteiger charge is 2.30. The third kappa shape index (κ3) is 15.6. The summed E-state index contributed by atoms with van der Waals surface area (Å²) in [5, 5.41) is 0. The maximum absolute atomic E-state index is 11.9. The van der Waals surface area contributed by atoms with Gasteiger partial charge in [0.05, 0.1) is 11.2 Å². The van der Waals surface area contributed by atoms with Crippen molar-refractivity contribution < 1.29 is 42.0 Å². The van der Waals surface area contributed by atoms with E-state index in [2.05, 4.69) is 4.52 Å². The Kier molecular flexibility index (Phi) is 11.4. The monoisotopic (exact) mass is 442 g/mol. The summed E-state index contributed by atoms with van der Waals surface area (Å²) in [4.78, 5) is 26.4. The minimum absolute atomic E-state index is 0.172. The lowest BCUT2D eigenvalue weighted by Gasteiger charge is -2.26. The van der Waals surface area contributed by atoms with Crippen LogP contribution in [0, 0.1) is 0 Å². The Morgan fingerprint density at radius 1 is 0.960 bits per heavy atom. The second-order valence-corrected chi connectivity index (χ2v) is 12.0. The van der Waals surface area contributed by atoms with Crippen molar-refractivity contribution in [2.24, 2.45) is 0 Å². The molecule has 0 bridgehead atoms. The van der Waals surface area contributed by atoms with Crippen LogP contribution in [0.2, 0.25) is 0 Å². The van der Waals surface area contributed by atoms with Crippen molar-refractivity contribution in [2.45, 2.75) is 51.7 Å². The fourth-order valence-electron chi connectivity index (χ4n) is 1.76. The maximum atomic E-state index is 11.9. The Morgan fingerprint density at radius 3 is 1.72 bits per heavy atom. The molecule has 0 fully saturated rings. The SMILES string of the molecule is CC(C)(CC[S+]([O-])CC[S+]([O-])CCC(C)(C)OP(=O)(O)O)O[PH](=O)O. The molecule has 13 heteroatoms. The van der Waals surface area contributed by atoms with E-state index in [-0.39, 0.29) is 29.4 Å². The van der Waals surface area contributed by atoms with Gasteiger partial charge in [0, 0.05) is 12.8 Å². The lowest BCUT2D eigenvalue weighted by molar-refractivity contribution is 0.0627. The van der Waals surface area contributed by atoms with Crippen molar-refractivity contribution in [3.63, 3.8) is 0 Å². The van der Waals surface area contributed by atoms with Crippen LogP contribution >= 0.6 is 16.1 Å². The second-order valence-electron chi connectivity index (χ2n) is 6.67. The average Bonchev–Trinajstić information content (AvgIpc) is 2.36. The average molecular weight is 442 g/mol. The molecule has 0 saturated heterocycles. The van der Waals surface area contributed by atoms with E-state index in [0.29, 0.717) is 6.42 Å². The molecule has 9 nitrogen and oxygen atoms in total. The quantitative estimate of drug-likeness (QED) is 0.282. The van der Waals surface area contributed by atoms with Crippen LogP contribution in [0.4, 0.5) is 0 Å². The third-order valence-electron chi connectivity index (χ3n) is 3.13. The van der Waals surface area contributed by atoms with Crippen LogP contribution in [0.15, 0.2) is 0 Å². The van der Waals surface area contributed by atoms with Crippen LogP contribution in [0.3, 0.4) is 0 Å². The first-order valence-corrected chi connectivity index (χ1v) is 13.3. The highest BCUT2D eigenvalue weighted by atomic mass is 32.2. The molecule has 25 heavy (non-hydrogen) atoms. The van der Waals surface area contributed by atoms with Crippen LogP contribution in [-0.2, 0) is 40.5 Å². The van der Waals surface area contributed by atoms with Crippen LogP contribution in [0.1, 0.15) is 40.5 Å². The summed E-state index contributed by atoms with van der Waals surface area (Å²) in [6.45, 7) is 6.25. The molecule has 0 aromatic rings. The van der Waals surface area contributed by atoms with E-state index < -0.39 is 49.6 Å².